The molecule has 1 aromatic carbocycles. The van der Waals surface area contributed by atoms with Crippen molar-refractivity contribution in [3.05, 3.63) is 46.5 Å². The molecular formula is C20H21N3O3S. The molecule has 5 rings (SSSR count). The van der Waals surface area contributed by atoms with Crippen LogP contribution < -0.4 is 10.5 Å². The van der Waals surface area contributed by atoms with E-state index in [1.807, 2.05) is 23.9 Å². The molecule has 1 fully saturated rings. The minimum atomic E-state index is -3.32. The van der Waals surface area contributed by atoms with Crippen molar-refractivity contribution < 1.29 is 8.42 Å². The van der Waals surface area contributed by atoms with E-state index in [0.29, 0.717) is 22.9 Å². The van der Waals surface area contributed by atoms with Crippen LogP contribution in [0.4, 0.5) is 5.69 Å². The van der Waals surface area contributed by atoms with Crippen LogP contribution in [0.15, 0.2) is 40.3 Å². The molecule has 27 heavy (non-hydrogen) atoms. The first kappa shape index (κ1) is 16.6. The predicted octanol–water partition coefficient (Wildman–Crippen LogP) is 2.67. The number of rotatable bonds is 3. The average molecular weight is 383 g/mol. The van der Waals surface area contributed by atoms with E-state index >= 15 is 0 Å². The largest absolute Gasteiger partial charge is 0.366 e. The van der Waals surface area contributed by atoms with Gasteiger partial charge in [-0.1, -0.05) is 0 Å². The third-order valence-electron chi connectivity index (χ3n) is 5.66. The van der Waals surface area contributed by atoms with Crippen molar-refractivity contribution in [1.29, 1.82) is 0 Å². The molecule has 0 spiro atoms. The summed E-state index contributed by atoms with van der Waals surface area (Å²) in [6.07, 6.45) is 7.45. The molecule has 0 saturated heterocycles. The highest BCUT2D eigenvalue weighted by atomic mass is 32.2. The standard InChI is InChI=1S/C20H21N3O3S/c1-22-11-16-15-7-14(27(2,25)26)5-6-17(15)23(9-12-3-4-12)10-13-8-21-20(24)19(22)18(13)16/h5-8,11-12H,3-4,9-10H2,1-2H3,(H,21,24). The summed E-state index contributed by atoms with van der Waals surface area (Å²) in [5.41, 5.74) is 4.41. The number of nitrogens with one attached hydrogen (secondary N) is 1. The zero-order chi connectivity index (χ0) is 18.9. The zero-order valence-corrected chi connectivity index (χ0v) is 16.1. The highest BCUT2D eigenvalue weighted by Crippen LogP contribution is 2.43. The van der Waals surface area contributed by atoms with Crippen molar-refractivity contribution >= 4 is 26.4 Å². The molecule has 0 atom stereocenters. The van der Waals surface area contributed by atoms with E-state index < -0.39 is 9.84 Å². The summed E-state index contributed by atoms with van der Waals surface area (Å²) in [6, 6.07) is 5.37. The van der Waals surface area contributed by atoms with E-state index in [2.05, 4.69) is 9.88 Å². The molecule has 0 amide bonds. The Morgan fingerprint density at radius 2 is 2.00 bits per heavy atom. The fraction of sp³-hybridized carbons (Fsp3) is 0.350. The van der Waals surface area contributed by atoms with Crippen molar-refractivity contribution in [2.75, 3.05) is 17.7 Å². The summed E-state index contributed by atoms with van der Waals surface area (Å²) in [5.74, 6) is 0.689. The maximum absolute atomic E-state index is 12.4. The highest BCUT2D eigenvalue weighted by Gasteiger charge is 2.30. The van der Waals surface area contributed by atoms with Crippen LogP contribution in [0.25, 0.3) is 22.0 Å². The Morgan fingerprint density at radius 1 is 1.22 bits per heavy atom. The fourth-order valence-electron chi connectivity index (χ4n) is 4.15. The van der Waals surface area contributed by atoms with Gasteiger partial charge in [-0.2, -0.15) is 0 Å². The SMILES string of the molecule is Cn1cc2c3c(c[nH]c(=O)c31)CN(CC1CC1)c1ccc(S(C)(=O)=O)cc1-2. The number of H-pyrrole nitrogens is 1. The van der Waals surface area contributed by atoms with Gasteiger partial charge in [0.25, 0.3) is 5.56 Å². The first-order valence-electron chi connectivity index (χ1n) is 9.12. The van der Waals surface area contributed by atoms with Gasteiger partial charge in [-0.15, -0.1) is 0 Å². The number of pyridine rings is 1. The number of anilines is 1. The van der Waals surface area contributed by atoms with Crippen LogP contribution >= 0.6 is 0 Å². The summed E-state index contributed by atoms with van der Waals surface area (Å²) in [5, 5.41) is 0.923. The van der Waals surface area contributed by atoms with E-state index in [1.165, 1.54) is 19.1 Å². The van der Waals surface area contributed by atoms with E-state index in [1.54, 1.807) is 18.3 Å². The highest BCUT2D eigenvalue weighted by molar-refractivity contribution is 7.90. The smallest absolute Gasteiger partial charge is 0.272 e. The molecule has 0 bridgehead atoms. The quantitative estimate of drug-likeness (QED) is 0.755. The number of fused-ring (bicyclic) bond motifs is 2. The van der Waals surface area contributed by atoms with Crippen LogP contribution in [0.3, 0.4) is 0 Å². The Bertz CT molecular complexity index is 1250. The summed E-state index contributed by atoms with van der Waals surface area (Å²) in [7, 11) is -1.46. The monoisotopic (exact) mass is 383 g/mol. The van der Waals surface area contributed by atoms with Crippen molar-refractivity contribution in [2.24, 2.45) is 13.0 Å². The predicted molar refractivity (Wildman–Crippen MR) is 106 cm³/mol. The lowest BCUT2D eigenvalue weighted by atomic mass is 10.0. The molecule has 1 aliphatic carbocycles. The second kappa shape index (κ2) is 5.48. The van der Waals surface area contributed by atoms with Crippen molar-refractivity contribution in [2.45, 2.75) is 24.3 Å². The van der Waals surface area contributed by atoms with Crippen LogP contribution in [0.1, 0.15) is 18.4 Å². The van der Waals surface area contributed by atoms with Crippen LogP contribution in [0.2, 0.25) is 0 Å². The van der Waals surface area contributed by atoms with E-state index in [4.69, 9.17) is 0 Å². The van der Waals surface area contributed by atoms with Gasteiger partial charge in [0.1, 0.15) is 5.52 Å². The van der Waals surface area contributed by atoms with E-state index in [0.717, 1.165) is 34.3 Å². The Kier molecular flexibility index (Phi) is 3.37. The molecule has 1 N–H and O–H groups in total. The van der Waals surface area contributed by atoms with Gasteiger partial charge in [0.05, 0.1) is 4.90 Å². The minimum Gasteiger partial charge on any atom is -0.366 e. The number of aryl methyl sites for hydroxylation is 1. The number of aromatic amines is 1. The summed E-state index contributed by atoms with van der Waals surface area (Å²) >= 11 is 0. The number of aromatic nitrogens is 2. The van der Waals surface area contributed by atoms with Crippen LogP contribution in [-0.2, 0) is 23.4 Å². The van der Waals surface area contributed by atoms with E-state index in [9.17, 15) is 13.2 Å². The summed E-state index contributed by atoms with van der Waals surface area (Å²) in [4.78, 5) is 17.9. The van der Waals surface area contributed by atoms with Gasteiger partial charge in [0, 0.05) is 61.0 Å². The van der Waals surface area contributed by atoms with Gasteiger partial charge in [-0.25, -0.2) is 8.42 Å². The lowest BCUT2D eigenvalue weighted by molar-refractivity contribution is 0.602. The van der Waals surface area contributed by atoms with Gasteiger partial charge >= 0.3 is 0 Å². The van der Waals surface area contributed by atoms with Gasteiger partial charge in [0.15, 0.2) is 9.84 Å². The molecular weight excluding hydrogens is 362 g/mol. The molecule has 2 aromatic heterocycles. The second-order valence-corrected chi connectivity index (χ2v) is 9.81. The maximum atomic E-state index is 12.4. The van der Waals surface area contributed by atoms with Crippen LogP contribution in [-0.4, -0.2) is 30.8 Å². The molecule has 140 valence electrons. The number of nitrogens with zero attached hydrogens (tertiary/aromatic N) is 2. The number of hydrogen-bond acceptors (Lipinski definition) is 4. The normalized spacial score (nSPS) is 16.4. The maximum Gasteiger partial charge on any atom is 0.272 e. The summed E-state index contributed by atoms with van der Waals surface area (Å²) in [6.45, 7) is 1.65. The van der Waals surface area contributed by atoms with Crippen molar-refractivity contribution in [3.8, 4) is 11.1 Å². The average Bonchev–Trinajstić information content (AvgIpc) is 3.37. The molecule has 3 aromatic rings. The Hall–Kier alpha value is -2.54. The first-order valence-corrected chi connectivity index (χ1v) is 11.0. The second-order valence-electron chi connectivity index (χ2n) is 7.80. The van der Waals surface area contributed by atoms with Gasteiger partial charge in [-0.3, -0.25) is 4.79 Å². The molecule has 0 unspecified atom stereocenters. The molecule has 1 saturated carbocycles. The van der Waals surface area contributed by atoms with Crippen molar-refractivity contribution in [3.63, 3.8) is 0 Å². The molecule has 3 heterocycles. The number of sulfone groups is 1. The van der Waals surface area contributed by atoms with Gasteiger partial charge in [0.2, 0.25) is 0 Å². The third-order valence-corrected chi connectivity index (χ3v) is 6.77. The van der Waals surface area contributed by atoms with Gasteiger partial charge in [-0.05, 0) is 42.5 Å². The lowest BCUT2D eigenvalue weighted by Crippen LogP contribution is -2.25. The van der Waals surface area contributed by atoms with Crippen LogP contribution in [0, 0.1) is 5.92 Å². The first-order chi connectivity index (χ1) is 12.8. The lowest BCUT2D eigenvalue weighted by Gasteiger charge is -2.26. The van der Waals surface area contributed by atoms with Gasteiger partial charge < -0.3 is 14.5 Å². The Labute approximate surface area is 157 Å². The Balaban J connectivity index is 1.84. The summed E-state index contributed by atoms with van der Waals surface area (Å²) < 4.78 is 26.1. The molecule has 7 heteroatoms. The Morgan fingerprint density at radius 3 is 2.70 bits per heavy atom. The zero-order valence-electron chi connectivity index (χ0n) is 15.3. The van der Waals surface area contributed by atoms with Crippen molar-refractivity contribution in [1.82, 2.24) is 9.55 Å². The minimum absolute atomic E-state index is 0.126. The molecule has 2 aliphatic rings. The van der Waals surface area contributed by atoms with Crippen LogP contribution in [0.5, 0.6) is 0 Å². The molecule has 1 aliphatic heterocycles. The topological polar surface area (TPSA) is 75.2 Å². The molecule has 0 radical (unpaired) electrons. The molecule has 6 nitrogen and oxygen atoms in total. The fourth-order valence-corrected chi connectivity index (χ4v) is 4.80. The number of benzene rings is 1. The third kappa shape index (κ3) is 2.60. The number of hydrogen-bond donors (Lipinski definition) is 1. The van der Waals surface area contributed by atoms with E-state index in [-0.39, 0.29) is 5.56 Å².